The van der Waals surface area contributed by atoms with E-state index in [4.69, 9.17) is 5.73 Å². The number of amides is 1. The van der Waals surface area contributed by atoms with Crippen LogP contribution >= 0.6 is 0 Å². The second-order valence-corrected chi connectivity index (χ2v) is 14.1. The number of aldehydes is 1. The summed E-state index contributed by atoms with van der Waals surface area (Å²) < 4.78 is 0. The lowest BCUT2D eigenvalue weighted by molar-refractivity contribution is -0.132. The highest BCUT2D eigenvalue weighted by atomic mass is 16.3. The van der Waals surface area contributed by atoms with Crippen molar-refractivity contribution in [2.45, 2.75) is 76.5 Å². The molecule has 3 N–H and O–H groups in total. The maximum absolute atomic E-state index is 14.2. The predicted molar refractivity (Wildman–Crippen MR) is 214 cm³/mol. The molecule has 0 radical (unpaired) electrons. The monoisotopic (exact) mass is 722 g/mol. The molecule has 54 heavy (non-hydrogen) atoms. The number of nitrogens with zero attached hydrogens (tertiary/aromatic N) is 1. The fourth-order valence-corrected chi connectivity index (χ4v) is 7.31. The van der Waals surface area contributed by atoms with Gasteiger partial charge in [-0.2, -0.15) is 0 Å². The molecule has 0 aliphatic carbocycles. The number of carbonyl (C=O) groups excluding carboxylic acids is 4. The van der Waals surface area contributed by atoms with Crippen LogP contribution in [0.4, 0.5) is 5.69 Å². The van der Waals surface area contributed by atoms with Crippen molar-refractivity contribution in [2.24, 2.45) is 11.7 Å². The molecule has 7 heteroatoms. The molecule has 5 rings (SSSR count). The van der Waals surface area contributed by atoms with Crippen molar-refractivity contribution in [3.8, 4) is 0 Å². The van der Waals surface area contributed by atoms with Gasteiger partial charge in [-0.05, 0) is 72.6 Å². The highest BCUT2D eigenvalue weighted by Gasteiger charge is 2.36. The van der Waals surface area contributed by atoms with Crippen molar-refractivity contribution in [2.75, 3.05) is 4.90 Å². The molecular weight excluding hydrogens is 673 g/mol. The molecule has 5 aromatic carbocycles. The van der Waals surface area contributed by atoms with E-state index in [0.717, 1.165) is 23.1 Å². The van der Waals surface area contributed by atoms with Gasteiger partial charge in [-0.3, -0.25) is 14.4 Å². The van der Waals surface area contributed by atoms with Crippen molar-refractivity contribution < 1.29 is 24.3 Å². The molecule has 0 fully saturated rings. The second kappa shape index (κ2) is 19.4. The van der Waals surface area contributed by atoms with Gasteiger partial charge < -0.3 is 20.5 Å². The highest BCUT2D eigenvalue weighted by molar-refractivity contribution is 6.07. The van der Waals surface area contributed by atoms with Gasteiger partial charge in [-0.15, -0.1) is 0 Å². The Hall–Kier alpha value is -5.66. The Labute approximate surface area is 318 Å². The van der Waals surface area contributed by atoms with Crippen LogP contribution in [-0.4, -0.2) is 34.5 Å². The zero-order valence-corrected chi connectivity index (χ0v) is 31.0. The molecule has 0 unspecified atom stereocenters. The first-order valence-electron chi connectivity index (χ1n) is 18.8. The van der Waals surface area contributed by atoms with Gasteiger partial charge in [0, 0.05) is 48.7 Å². The van der Waals surface area contributed by atoms with Crippen LogP contribution in [0.25, 0.3) is 0 Å². The van der Waals surface area contributed by atoms with E-state index in [2.05, 4.69) is 41.3 Å². The van der Waals surface area contributed by atoms with Gasteiger partial charge in [0.2, 0.25) is 5.91 Å². The van der Waals surface area contributed by atoms with E-state index in [1.165, 1.54) is 17.2 Å². The number of nitrogens with two attached hydrogens (primary N) is 1. The number of primary amides is 1. The predicted octanol–water partition coefficient (Wildman–Crippen LogP) is 8.68. The number of carbonyl (C=O) groups is 4. The van der Waals surface area contributed by atoms with Crippen LogP contribution in [-0.2, 0) is 29.1 Å². The Morgan fingerprint density at radius 3 is 1.83 bits per heavy atom. The molecule has 0 aromatic heterocycles. The Morgan fingerprint density at radius 1 is 0.722 bits per heavy atom. The third kappa shape index (κ3) is 10.9. The van der Waals surface area contributed by atoms with E-state index in [-0.39, 0.29) is 54.8 Å². The summed E-state index contributed by atoms with van der Waals surface area (Å²) in [5, 5.41) is 12.1. The van der Waals surface area contributed by atoms with Gasteiger partial charge in [-0.25, -0.2) is 0 Å². The number of ketones is 2. The van der Waals surface area contributed by atoms with Gasteiger partial charge >= 0.3 is 0 Å². The third-order valence-electron chi connectivity index (χ3n) is 10.3. The maximum Gasteiger partial charge on any atom is 0.249 e. The van der Waals surface area contributed by atoms with Crippen LogP contribution in [0.15, 0.2) is 140 Å². The molecule has 0 aliphatic rings. The van der Waals surface area contributed by atoms with Gasteiger partial charge in [-0.1, -0.05) is 128 Å². The minimum Gasteiger partial charge on any atom is -0.389 e. The van der Waals surface area contributed by atoms with Crippen LogP contribution in [0.1, 0.15) is 94.3 Å². The topological polar surface area (TPSA) is 118 Å². The number of aryl methyl sites for hydroxylation is 1. The van der Waals surface area contributed by atoms with Crippen molar-refractivity contribution in [1.82, 2.24) is 0 Å². The fraction of sp³-hybridized carbons (Fsp3) is 0.277. The van der Waals surface area contributed by atoms with E-state index in [1.54, 1.807) is 18.2 Å². The van der Waals surface area contributed by atoms with E-state index < -0.39 is 23.3 Å². The number of aliphatic hydroxyl groups is 1. The lowest BCUT2D eigenvalue weighted by Gasteiger charge is -2.31. The summed E-state index contributed by atoms with van der Waals surface area (Å²) in [6.45, 7) is 3.33. The quantitative estimate of drug-likeness (QED) is 0.0445. The largest absolute Gasteiger partial charge is 0.389 e. The minimum absolute atomic E-state index is 0.0656. The van der Waals surface area contributed by atoms with Gasteiger partial charge in [0.25, 0.3) is 0 Å². The van der Waals surface area contributed by atoms with Gasteiger partial charge in [0.05, 0.1) is 11.5 Å². The number of hydrogen-bond donors (Lipinski definition) is 2. The smallest absolute Gasteiger partial charge is 0.249 e. The van der Waals surface area contributed by atoms with E-state index in [1.807, 2.05) is 85.8 Å². The second-order valence-electron chi connectivity index (χ2n) is 14.1. The molecule has 0 heterocycles. The molecule has 0 saturated heterocycles. The fourth-order valence-electron chi connectivity index (χ4n) is 7.31. The summed E-state index contributed by atoms with van der Waals surface area (Å²) in [5.74, 6) is -2.62. The summed E-state index contributed by atoms with van der Waals surface area (Å²) in [4.78, 5) is 54.4. The Bertz CT molecular complexity index is 1940. The van der Waals surface area contributed by atoms with E-state index >= 15 is 0 Å². The van der Waals surface area contributed by atoms with Crippen LogP contribution in [0, 0.1) is 5.92 Å². The van der Waals surface area contributed by atoms with Crippen molar-refractivity contribution in [1.29, 1.82) is 0 Å². The zero-order chi connectivity index (χ0) is 38.3. The number of benzene rings is 5. The normalized spacial score (nSPS) is 13.3. The molecular formula is C47H50N2O5. The van der Waals surface area contributed by atoms with Crippen molar-refractivity contribution in [3.05, 3.63) is 173 Å². The Kier molecular flexibility index (Phi) is 14.2. The van der Waals surface area contributed by atoms with Crippen LogP contribution in [0.3, 0.4) is 0 Å². The summed E-state index contributed by atoms with van der Waals surface area (Å²) in [6.07, 6.45) is 2.38. The van der Waals surface area contributed by atoms with Crippen LogP contribution < -0.4 is 10.6 Å². The zero-order valence-electron chi connectivity index (χ0n) is 31.0. The SMILES string of the molecule is CC[C@H](c1cccc(N(Cc2ccccc2)Cc2ccccc2)c1)[C@H](C=O)C(=O)C[C@@](O)(CCCC(=O)c1ccccc1C(N)=O)CCc1ccccc1. The molecule has 1 amide bonds. The average molecular weight is 723 g/mol. The third-order valence-corrected chi connectivity index (χ3v) is 10.3. The first-order chi connectivity index (χ1) is 26.2. The van der Waals surface area contributed by atoms with Gasteiger partial charge in [0.1, 0.15) is 12.1 Å². The molecule has 278 valence electrons. The molecule has 0 spiro atoms. The lowest BCUT2D eigenvalue weighted by Crippen LogP contribution is -2.36. The van der Waals surface area contributed by atoms with E-state index in [0.29, 0.717) is 25.9 Å². The summed E-state index contributed by atoms with van der Waals surface area (Å²) in [6, 6.07) is 44.8. The summed E-state index contributed by atoms with van der Waals surface area (Å²) in [7, 11) is 0. The molecule has 0 aliphatic heterocycles. The standard InChI is InChI=1S/C47H50N2O5/c1-2-40(38-22-14-23-39(30-38)49(32-36-18-8-4-9-19-36)33-37-20-10-5-11-21-37)43(34-50)45(52)31-47(54,29-27-35-16-6-3-7-17-35)28-15-26-44(51)41-24-12-13-25-42(41)46(48)53/h3-14,16-25,30,34,40,43,54H,2,15,26-29,31-33H2,1H3,(H2,48,53)/t40-,43+,47-/m1/s1. The van der Waals surface area contributed by atoms with Crippen LogP contribution in [0.2, 0.25) is 0 Å². The minimum atomic E-state index is -1.46. The average Bonchev–Trinajstić information content (AvgIpc) is 3.20. The lowest BCUT2D eigenvalue weighted by atomic mass is 9.77. The van der Waals surface area contributed by atoms with Crippen molar-refractivity contribution >= 4 is 29.4 Å². The molecule has 0 saturated carbocycles. The highest BCUT2D eigenvalue weighted by Crippen LogP contribution is 2.35. The first kappa shape index (κ1) is 39.5. The molecule has 5 aromatic rings. The first-order valence-corrected chi connectivity index (χ1v) is 18.8. The van der Waals surface area contributed by atoms with Gasteiger partial charge in [0.15, 0.2) is 5.78 Å². The Balaban J connectivity index is 1.35. The van der Waals surface area contributed by atoms with Crippen LogP contribution in [0.5, 0.6) is 0 Å². The summed E-state index contributed by atoms with van der Waals surface area (Å²) >= 11 is 0. The maximum atomic E-state index is 14.2. The number of Topliss-reactive ketones (excluding diaryl/α,β-unsaturated/α-hetero) is 2. The Morgan fingerprint density at radius 2 is 1.28 bits per heavy atom. The van der Waals surface area contributed by atoms with Crippen molar-refractivity contribution in [3.63, 3.8) is 0 Å². The molecule has 0 bridgehead atoms. The molecule has 7 nitrogen and oxygen atoms in total. The number of rotatable bonds is 21. The van der Waals surface area contributed by atoms with E-state index in [9.17, 15) is 24.3 Å². The number of hydrogen-bond acceptors (Lipinski definition) is 6. The summed E-state index contributed by atoms with van der Waals surface area (Å²) in [5.41, 5.74) is 9.67. The molecule has 3 atom stereocenters. The number of anilines is 1.